The molecule has 2 aliphatic heterocycles. The largest absolute Gasteiger partial charge is 0.370 e. The van der Waals surface area contributed by atoms with Crippen molar-refractivity contribution in [1.29, 1.82) is 0 Å². The Morgan fingerprint density at radius 3 is 2.50 bits per heavy atom. The minimum absolute atomic E-state index is 0.134. The Labute approximate surface area is 175 Å². The molecule has 1 atom stereocenters. The summed E-state index contributed by atoms with van der Waals surface area (Å²) in [5.41, 5.74) is 2.20. The van der Waals surface area contributed by atoms with E-state index in [0.29, 0.717) is 24.3 Å². The van der Waals surface area contributed by atoms with Gasteiger partial charge in [-0.2, -0.15) is 0 Å². The third kappa shape index (κ3) is 4.58. The molecule has 156 valence electrons. The number of morpholine rings is 1. The second kappa shape index (κ2) is 9.19. The molecule has 30 heavy (non-hydrogen) atoms. The fourth-order valence-corrected chi connectivity index (χ4v) is 4.03. The van der Waals surface area contributed by atoms with Gasteiger partial charge in [-0.25, -0.2) is 0 Å². The van der Waals surface area contributed by atoms with E-state index in [4.69, 9.17) is 4.74 Å². The Morgan fingerprint density at radius 2 is 1.73 bits per heavy atom. The van der Waals surface area contributed by atoms with Crippen LogP contribution in [0.2, 0.25) is 0 Å². The molecule has 4 rings (SSSR count). The molecule has 0 aromatic heterocycles. The molecule has 0 saturated carbocycles. The maximum Gasteiger partial charge on any atom is 0.261 e. The molecule has 1 saturated heterocycles. The van der Waals surface area contributed by atoms with Crippen molar-refractivity contribution < 1.29 is 24.0 Å². The number of fused-ring (bicyclic) bond motifs is 1. The number of nitrogens with one attached hydrogen (secondary N) is 2. The average molecular weight is 408 g/mol. The van der Waals surface area contributed by atoms with Crippen molar-refractivity contribution in [2.45, 2.75) is 12.5 Å². The lowest BCUT2D eigenvalue weighted by Gasteiger charge is -2.30. The summed E-state index contributed by atoms with van der Waals surface area (Å²) in [4.78, 5) is 40.5. The van der Waals surface area contributed by atoms with Crippen LogP contribution in [-0.2, 0) is 20.7 Å². The van der Waals surface area contributed by atoms with Crippen LogP contribution in [0.5, 0.6) is 0 Å². The van der Waals surface area contributed by atoms with E-state index < -0.39 is 5.91 Å². The van der Waals surface area contributed by atoms with Crippen LogP contribution in [-0.4, -0.2) is 62.0 Å². The number of nitrogens with zero attached hydrogens (tertiary/aromatic N) is 1. The Kier molecular flexibility index (Phi) is 6.21. The summed E-state index contributed by atoms with van der Waals surface area (Å²) in [6.45, 7) is 3.65. The number of carbonyl (C=O) groups is 3. The van der Waals surface area contributed by atoms with Crippen molar-refractivity contribution in [3.8, 4) is 0 Å². The van der Waals surface area contributed by atoms with Crippen molar-refractivity contribution in [2.75, 3.05) is 39.4 Å². The predicted octanol–water partition coefficient (Wildman–Crippen LogP) is -0.0159. The first kappa shape index (κ1) is 20.3. The smallest absolute Gasteiger partial charge is 0.261 e. The van der Waals surface area contributed by atoms with Crippen molar-refractivity contribution in [2.24, 2.45) is 0 Å². The van der Waals surface area contributed by atoms with Gasteiger partial charge >= 0.3 is 0 Å². The molecular formula is C23H26N3O4+. The van der Waals surface area contributed by atoms with Gasteiger partial charge in [0.1, 0.15) is 32.2 Å². The average Bonchev–Trinajstić information content (AvgIpc) is 2.77. The minimum atomic E-state index is -0.410. The van der Waals surface area contributed by atoms with Gasteiger partial charge in [-0.15, -0.1) is 0 Å². The second-order valence-electron chi connectivity index (χ2n) is 7.72. The van der Waals surface area contributed by atoms with Crippen LogP contribution in [0.3, 0.4) is 0 Å². The van der Waals surface area contributed by atoms with Gasteiger partial charge in [0, 0.05) is 5.56 Å². The first-order valence-electron chi connectivity index (χ1n) is 10.3. The summed E-state index contributed by atoms with van der Waals surface area (Å²) >= 11 is 0. The first-order valence-corrected chi connectivity index (χ1v) is 10.3. The van der Waals surface area contributed by atoms with Crippen molar-refractivity contribution in [3.05, 3.63) is 71.3 Å². The number of amides is 3. The molecule has 0 bridgehead atoms. The van der Waals surface area contributed by atoms with Gasteiger partial charge in [-0.3, -0.25) is 19.3 Å². The van der Waals surface area contributed by atoms with E-state index in [1.165, 1.54) is 4.90 Å². The highest BCUT2D eigenvalue weighted by molar-refractivity contribution is 6.11. The van der Waals surface area contributed by atoms with E-state index in [1.54, 1.807) is 24.3 Å². The molecule has 3 amide bonds. The summed E-state index contributed by atoms with van der Waals surface area (Å²) in [7, 11) is 0. The maximum atomic E-state index is 12.8. The SMILES string of the molecule is O=C(CN1C(=O)Cc2ccccc2C1=O)N[C@H](C[NH+]1CCOCC1)c1ccccc1. The van der Waals surface area contributed by atoms with Crippen LogP contribution in [0, 0.1) is 0 Å². The number of benzene rings is 2. The van der Waals surface area contributed by atoms with Gasteiger partial charge < -0.3 is 15.0 Å². The number of hydrogen-bond donors (Lipinski definition) is 2. The molecule has 2 aliphatic rings. The molecule has 0 spiro atoms. The van der Waals surface area contributed by atoms with Gasteiger partial charge in [0.2, 0.25) is 11.8 Å². The number of rotatable bonds is 6. The standard InChI is InChI=1S/C23H25N3O4/c27-21(16-26-22(28)14-18-8-4-5-9-19(18)23(26)29)24-20(17-6-2-1-3-7-17)15-25-10-12-30-13-11-25/h1-9,20H,10-16H2,(H,24,27)/p+1/t20-/m1/s1. The summed E-state index contributed by atoms with van der Waals surface area (Å²) in [5, 5.41) is 3.05. The fourth-order valence-electron chi connectivity index (χ4n) is 4.03. The molecule has 1 fully saturated rings. The van der Waals surface area contributed by atoms with Crippen LogP contribution in [0.1, 0.15) is 27.5 Å². The lowest BCUT2D eigenvalue weighted by molar-refractivity contribution is -0.909. The normalized spacial score (nSPS) is 18.1. The molecule has 0 aliphatic carbocycles. The van der Waals surface area contributed by atoms with E-state index in [1.807, 2.05) is 30.3 Å². The van der Waals surface area contributed by atoms with Crippen LogP contribution >= 0.6 is 0 Å². The lowest BCUT2D eigenvalue weighted by atomic mass is 9.98. The Bertz CT molecular complexity index is 925. The molecule has 7 heteroatoms. The Hall–Kier alpha value is -3.03. The van der Waals surface area contributed by atoms with Gasteiger partial charge in [0.15, 0.2) is 0 Å². The van der Waals surface area contributed by atoms with Crippen LogP contribution in [0.4, 0.5) is 0 Å². The monoisotopic (exact) mass is 408 g/mol. The van der Waals surface area contributed by atoms with E-state index >= 15 is 0 Å². The predicted molar refractivity (Wildman–Crippen MR) is 110 cm³/mol. The van der Waals surface area contributed by atoms with Crippen molar-refractivity contribution in [3.63, 3.8) is 0 Å². The van der Waals surface area contributed by atoms with E-state index in [0.717, 1.165) is 30.1 Å². The molecule has 2 aromatic rings. The van der Waals surface area contributed by atoms with Gasteiger partial charge in [0.05, 0.1) is 19.6 Å². The fraction of sp³-hybridized carbons (Fsp3) is 0.348. The number of hydrogen-bond acceptors (Lipinski definition) is 4. The molecule has 2 N–H and O–H groups in total. The Morgan fingerprint density at radius 1 is 1.03 bits per heavy atom. The number of ether oxygens (including phenoxy) is 1. The highest BCUT2D eigenvalue weighted by Gasteiger charge is 2.33. The quantitative estimate of drug-likeness (QED) is 0.659. The number of imide groups is 1. The third-order valence-electron chi connectivity index (χ3n) is 5.67. The second-order valence-corrected chi connectivity index (χ2v) is 7.72. The zero-order valence-electron chi connectivity index (χ0n) is 16.8. The topological polar surface area (TPSA) is 80.2 Å². The van der Waals surface area contributed by atoms with Gasteiger partial charge in [0.25, 0.3) is 5.91 Å². The highest BCUT2D eigenvalue weighted by Crippen LogP contribution is 2.19. The summed E-state index contributed by atoms with van der Waals surface area (Å²) < 4.78 is 5.43. The van der Waals surface area contributed by atoms with E-state index in [2.05, 4.69) is 5.32 Å². The van der Waals surface area contributed by atoms with Crippen LogP contribution in [0.25, 0.3) is 0 Å². The minimum Gasteiger partial charge on any atom is -0.370 e. The number of quaternary nitrogens is 1. The van der Waals surface area contributed by atoms with Gasteiger partial charge in [-0.05, 0) is 17.2 Å². The van der Waals surface area contributed by atoms with Crippen molar-refractivity contribution >= 4 is 17.7 Å². The molecule has 7 nitrogen and oxygen atoms in total. The lowest BCUT2D eigenvalue weighted by Crippen LogP contribution is -3.14. The molecule has 0 radical (unpaired) electrons. The van der Waals surface area contributed by atoms with Crippen LogP contribution < -0.4 is 10.2 Å². The third-order valence-corrected chi connectivity index (χ3v) is 5.67. The van der Waals surface area contributed by atoms with Crippen molar-refractivity contribution in [1.82, 2.24) is 10.2 Å². The molecule has 0 unspecified atom stereocenters. The van der Waals surface area contributed by atoms with Crippen LogP contribution in [0.15, 0.2) is 54.6 Å². The van der Waals surface area contributed by atoms with E-state index in [9.17, 15) is 14.4 Å². The molecule has 2 aromatic carbocycles. The Balaban J connectivity index is 1.46. The summed E-state index contributed by atoms with van der Waals surface area (Å²) in [5.74, 6) is -1.09. The molecule has 2 heterocycles. The summed E-state index contributed by atoms with van der Waals surface area (Å²) in [6, 6.07) is 16.6. The zero-order valence-corrected chi connectivity index (χ0v) is 16.8. The maximum absolute atomic E-state index is 12.8. The molecular weight excluding hydrogens is 382 g/mol. The summed E-state index contributed by atoms with van der Waals surface area (Å²) in [6.07, 6.45) is 0.134. The zero-order chi connectivity index (χ0) is 20.9. The van der Waals surface area contributed by atoms with Gasteiger partial charge in [-0.1, -0.05) is 48.5 Å². The number of carbonyl (C=O) groups excluding carboxylic acids is 3. The van der Waals surface area contributed by atoms with E-state index in [-0.39, 0.29) is 30.8 Å². The highest BCUT2D eigenvalue weighted by atomic mass is 16.5. The first-order chi connectivity index (χ1) is 14.6.